The molecule has 27 heavy (non-hydrogen) atoms. The highest BCUT2D eigenvalue weighted by atomic mass is 16.5. The number of carbonyl (C=O) groups excluding carboxylic acids is 1. The van der Waals surface area contributed by atoms with Crippen molar-refractivity contribution in [2.75, 3.05) is 25.2 Å². The van der Waals surface area contributed by atoms with Gasteiger partial charge < -0.3 is 14.8 Å². The molecule has 0 saturated carbocycles. The van der Waals surface area contributed by atoms with Crippen molar-refractivity contribution < 1.29 is 14.3 Å². The fraction of sp³-hybridized carbons (Fsp3) is 0.316. The average molecular weight is 367 g/mol. The number of nitrogens with one attached hydrogen (secondary N) is 2. The first kappa shape index (κ1) is 17.4. The van der Waals surface area contributed by atoms with E-state index < -0.39 is 0 Å². The Bertz CT molecular complexity index is 951. The molecule has 0 radical (unpaired) electrons. The lowest BCUT2D eigenvalue weighted by molar-refractivity contribution is -0.116. The van der Waals surface area contributed by atoms with Crippen molar-refractivity contribution in [3.63, 3.8) is 0 Å². The first-order valence-corrected chi connectivity index (χ1v) is 8.83. The maximum Gasteiger partial charge on any atom is 0.237 e. The molecular formula is C19H21N5O3. The summed E-state index contributed by atoms with van der Waals surface area (Å²) < 4.78 is 12.6. The quantitative estimate of drug-likeness (QED) is 0.589. The molecule has 8 heteroatoms. The summed E-state index contributed by atoms with van der Waals surface area (Å²) >= 11 is 0. The SMILES string of the molecule is CC(=O)Cc1cccc(Oc2ccc3nc(NCNC4COC4)cn3n2)c1. The molecule has 0 bridgehead atoms. The van der Waals surface area contributed by atoms with E-state index in [9.17, 15) is 4.79 Å². The summed E-state index contributed by atoms with van der Waals surface area (Å²) in [6.07, 6.45) is 2.20. The minimum atomic E-state index is 0.115. The van der Waals surface area contributed by atoms with Crippen LogP contribution in [0, 0.1) is 0 Å². The number of fused-ring (bicyclic) bond motifs is 1. The molecule has 0 aliphatic carbocycles. The van der Waals surface area contributed by atoms with E-state index in [0.717, 1.165) is 30.2 Å². The molecular weight excluding hydrogens is 346 g/mol. The number of Topliss-reactive ketones (excluding diaryl/α,β-unsaturated/α-hetero) is 1. The van der Waals surface area contributed by atoms with Gasteiger partial charge in [-0.2, -0.15) is 0 Å². The van der Waals surface area contributed by atoms with Crippen LogP contribution in [-0.2, 0) is 16.0 Å². The van der Waals surface area contributed by atoms with Crippen LogP contribution in [0.15, 0.2) is 42.6 Å². The molecule has 1 aliphatic heterocycles. The second-order valence-electron chi connectivity index (χ2n) is 6.52. The van der Waals surface area contributed by atoms with E-state index >= 15 is 0 Å². The zero-order valence-electron chi connectivity index (χ0n) is 15.0. The van der Waals surface area contributed by atoms with Crippen LogP contribution in [0.25, 0.3) is 5.65 Å². The first-order chi connectivity index (χ1) is 13.2. The van der Waals surface area contributed by atoms with E-state index in [1.807, 2.05) is 36.5 Å². The monoisotopic (exact) mass is 367 g/mol. The zero-order valence-corrected chi connectivity index (χ0v) is 15.0. The topological polar surface area (TPSA) is 89.8 Å². The second kappa shape index (κ2) is 7.73. The van der Waals surface area contributed by atoms with Crippen LogP contribution in [0.1, 0.15) is 12.5 Å². The Morgan fingerprint density at radius 1 is 1.33 bits per heavy atom. The number of benzene rings is 1. The van der Waals surface area contributed by atoms with E-state index in [0.29, 0.717) is 30.8 Å². The molecule has 3 aromatic rings. The highest BCUT2D eigenvalue weighted by molar-refractivity contribution is 5.78. The molecule has 1 fully saturated rings. The molecule has 0 unspecified atom stereocenters. The highest BCUT2D eigenvalue weighted by Gasteiger charge is 2.16. The van der Waals surface area contributed by atoms with Gasteiger partial charge in [0.05, 0.1) is 32.1 Å². The van der Waals surface area contributed by atoms with Crippen LogP contribution < -0.4 is 15.4 Å². The summed E-state index contributed by atoms with van der Waals surface area (Å²) in [7, 11) is 0. The number of rotatable bonds is 8. The Kier molecular flexibility index (Phi) is 4.99. The summed E-state index contributed by atoms with van der Waals surface area (Å²) in [6.45, 7) is 3.69. The Morgan fingerprint density at radius 3 is 3.00 bits per heavy atom. The molecule has 3 heterocycles. The van der Waals surface area contributed by atoms with Crippen LogP contribution >= 0.6 is 0 Å². The predicted octanol–water partition coefficient (Wildman–Crippen LogP) is 2.01. The summed E-state index contributed by atoms with van der Waals surface area (Å²) in [5.41, 5.74) is 1.64. The molecule has 140 valence electrons. The van der Waals surface area contributed by atoms with Gasteiger partial charge in [-0.1, -0.05) is 12.1 Å². The summed E-state index contributed by atoms with van der Waals surface area (Å²) in [5.74, 6) is 1.95. The first-order valence-electron chi connectivity index (χ1n) is 8.83. The number of anilines is 1. The van der Waals surface area contributed by atoms with Crippen molar-refractivity contribution >= 4 is 17.2 Å². The van der Waals surface area contributed by atoms with Crippen LogP contribution in [0.2, 0.25) is 0 Å². The number of aromatic nitrogens is 3. The number of hydrogen-bond donors (Lipinski definition) is 2. The van der Waals surface area contributed by atoms with Crippen molar-refractivity contribution in [2.45, 2.75) is 19.4 Å². The van der Waals surface area contributed by atoms with Crippen molar-refractivity contribution in [3.05, 3.63) is 48.2 Å². The predicted molar refractivity (Wildman–Crippen MR) is 100 cm³/mol. The number of carbonyl (C=O) groups is 1. The van der Waals surface area contributed by atoms with Gasteiger partial charge in [-0.25, -0.2) is 9.50 Å². The standard InChI is InChI=1S/C19H21N5O3/c1-13(25)7-14-3-2-4-16(8-14)27-19-6-5-18-22-17(9-24(18)23-19)21-12-20-15-10-26-11-15/h2-6,8-9,15,20-21H,7,10-12H2,1H3. The van der Waals surface area contributed by atoms with Gasteiger partial charge >= 0.3 is 0 Å². The molecule has 0 spiro atoms. The number of ether oxygens (including phenoxy) is 2. The van der Waals surface area contributed by atoms with E-state index in [-0.39, 0.29) is 5.78 Å². The lowest BCUT2D eigenvalue weighted by atomic mass is 10.1. The van der Waals surface area contributed by atoms with Gasteiger partial charge in [0.15, 0.2) is 5.65 Å². The molecule has 1 saturated heterocycles. The maximum atomic E-state index is 11.3. The second-order valence-corrected chi connectivity index (χ2v) is 6.52. The van der Waals surface area contributed by atoms with Crippen molar-refractivity contribution in [3.8, 4) is 11.6 Å². The average Bonchev–Trinajstić information content (AvgIpc) is 2.99. The van der Waals surface area contributed by atoms with Gasteiger partial charge in [-0.3, -0.25) is 10.1 Å². The van der Waals surface area contributed by atoms with E-state index in [1.54, 1.807) is 17.5 Å². The zero-order chi connectivity index (χ0) is 18.6. The van der Waals surface area contributed by atoms with Crippen LogP contribution in [-0.4, -0.2) is 46.3 Å². The summed E-state index contributed by atoms with van der Waals surface area (Å²) in [5, 5.41) is 11.0. The van der Waals surface area contributed by atoms with Crippen LogP contribution in [0.4, 0.5) is 5.82 Å². The van der Waals surface area contributed by atoms with Gasteiger partial charge in [0.2, 0.25) is 5.88 Å². The lowest BCUT2D eigenvalue weighted by Crippen LogP contribution is -2.47. The lowest BCUT2D eigenvalue weighted by Gasteiger charge is -2.26. The van der Waals surface area contributed by atoms with Gasteiger partial charge in [-0.15, -0.1) is 5.10 Å². The number of nitrogens with zero attached hydrogens (tertiary/aromatic N) is 3. The van der Waals surface area contributed by atoms with Gasteiger partial charge in [0.25, 0.3) is 0 Å². The third-order valence-corrected chi connectivity index (χ3v) is 4.17. The third kappa shape index (κ3) is 4.42. The Balaban J connectivity index is 1.42. The molecule has 1 aliphatic rings. The maximum absolute atomic E-state index is 11.3. The Hall–Kier alpha value is -2.97. The summed E-state index contributed by atoms with van der Waals surface area (Å²) in [6, 6.07) is 11.5. The largest absolute Gasteiger partial charge is 0.438 e. The smallest absolute Gasteiger partial charge is 0.237 e. The molecule has 0 amide bonds. The highest BCUT2D eigenvalue weighted by Crippen LogP contribution is 2.21. The molecule has 2 aromatic heterocycles. The van der Waals surface area contributed by atoms with Crippen LogP contribution in [0.3, 0.4) is 0 Å². The molecule has 1 aromatic carbocycles. The number of imidazole rings is 1. The number of ketones is 1. The molecule has 0 atom stereocenters. The summed E-state index contributed by atoms with van der Waals surface area (Å²) in [4.78, 5) is 15.8. The Labute approximate surface area is 156 Å². The third-order valence-electron chi connectivity index (χ3n) is 4.17. The fourth-order valence-corrected chi connectivity index (χ4v) is 2.77. The minimum Gasteiger partial charge on any atom is -0.438 e. The normalized spacial score (nSPS) is 14.1. The van der Waals surface area contributed by atoms with Gasteiger partial charge in [0, 0.05) is 12.5 Å². The van der Waals surface area contributed by atoms with Gasteiger partial charge in [0.1, 0.15) is 17.4 Å². The molecule has 2 N–H and O–H groups in total. The van der Waals surface area contributed by atoms with Crippen LogP contribution in [0.5, 0.6) is 11.6 Å². The van der Waals surface area contributed by atoms with Crippen molar-refractivity contribution in [1.29, 1.82) is 0 Å². The van der Waals surface area contributed by atoms with E-state index in [1.165, 1.54) is 0 Å². The van der Waals surface area contributed by atoms with E-state index in [4.69, 9.17) is 9.47 Å². The van der Waals surface area contributed by atoms with Crippen molar-refractivity contribution in [2.24, 2.45) is 0 Å². The fourth-order valence-electron chi connectivity index (χ4n) is 2.77. The molecule has 8 nitrogen and oxygen atoms in total. The molecule has 4 rings (SSSR count). The minimum absolute atomic E-state index is 0.115. The van der Waals surface area contributed by atoms with Gasteiger partial charge in [-0.05, 0) is 30.7 Å². The van der Waals surface area contributed by atoms with E-state index in [2.05, 4.69) is 20.7 Å². The van der Waals surface area contributed by atoms with Crippen molar-refractivity contribution in [1.82, 2.24) is 19.9 Å². The number of hydrogen-bond acceptors (Lipinski definition) is 7. The Morgan fingerprint density at radius 2 is 2.22 bits per heavy atom.